The Labute approximate surface area is 131 Å². The molecule has 0 amide bonds. The van der Waals surface area contributed by atoms with Gasteiger partial charge in [-0.25, -0.2) is 4.79 Å². The Hall–Kier alpha value is -1.48. The first-order valence-electron chi connectivity index (χ1n) is 7.23. The summed E-state index contributed by atoms with van der Waals surface area (Å²) in [6.07, 6.45) is 3.82. The Morgan fingerprint density at radius 3 is 2.67 bits per heavy atom. The van der Waals surface area contributed by atoms with Gasteiger partial charge in [-0.2, -0.15) is 0 Å². The zero-order valence-corrected chi connectivity index (χ0v) is 13.5. The highest BCUT2D eigenvalue weighted by Crippen LogP contribution is 2.36. The number of aliphatic carboxylic acids is 1. The number of carboxylic acid groups (broad SMARTS) is 1. The second-order valence-corrected chi connectivity index (χ2v) is 7.08. The minimum Gasteiger partial charge on any atom is -0.478 e. The van der Waals surface area contributed by atoms with Gasteiger partial charge in [-0.15, -0.1) is 0 Å². The van der Waals surface area contributed by atoms with E-state index in [1.807, 2.05) is 18.2 Å². The van der Waals surface area contributed by atoms with E-state index in [-0.39, 0.29) is 0 Å². The molecule has 4 heteroatoms. The Balaban J connectivity index is 2.13. The van der Waals surface area contributed by atoms with Gasteiger partial charge in [0, 0.05) is 29.9 Å². The molecule has 1 fully saturated rings. The highest BCUT2D eigenvalue weighted by atomic mass is 35.5. The molecular formula is C17H22ClNO2. The molecular weight excluding hydrogens is 286 g/mol. The van der Waals surface area contributed by atoms with Crippen LogP contribution < -0.4 is 4.90 Å². The van der Waals surface area contributed by atoms with Crippen LogP contribution in [0.15, 0.2) is 24.3 Å². The van der Waals surface area contributed by atoms with Crippen molar-refractivity contribution in [3.05, 3.63) is 34.9 Å². The highest BCUT2D eigenvalue weighted by molar-refractivity contribution is 6.32. The largest absolute Gasteiger partial charge is 0.478 e. The van der Waals surface area contributed by atoms with Crippen molar-refractivity contribution in [3.63, 3.8) is 0 Å². The topological polar surface area (TPSA) is 40.5 Å². The van der Waals surface area contributed by atoms with E-state index < -0.39 is 5.97 Å². The molecule has 21 heavy (non-hydrogen) atoms. The van der Waals surface area contributed by atoms with Crippen LogP contribution in [0.25, 0.3) is 6.08 Å². The fourth-order valence-electron chi connectivity index (χ4n) is 2.71. The third kappa shape index (κ3) is 4.01. The fourth-order valence-corrected chi connectivity index (χ4v) is 2.95. The smallest absolute Gasteiger partial charge is 0.328 e. The van der Waals surface area contributed by atoms with Gasteiger partial charge in [0.05, 0.1) is 0 Å². The van der Waals surface area contributed by atoms with Crippen LogP contribution in [0.4, 0.5) is 5.69 Å². The van der Waals surface area contributed by atoms with E-state index in [1.165, 1.54) is 12.5 Å². The third-order valence-corrected chi connectivity index (χ3v) is 4.49. The van der Waals surface area contributed by atoms with Crippen LogP contribution in [0.5, 0.6) is 0 Å². The summed E-state index contributed by atoms with van der Waals surface area (Å²) in [4.78, 5) is 12.9. The van der Waals surface area contributed by atoms with E-state index >= 15 is 0 Å². The van der Waals surface area contributed by atoms with Gasteiger partial charge in [0.2, 0.25) is 0 Å². The number of benzene rings is 1. The van der Waals surface area contributed by atoms with Crippen molar-refractivity contribution in [2.45, 2.75) is 27.2 Å². The van der Waals surface area contributed by atoms with E-state index in [9.17, 15) is 4.79 Å². The summed E-state index contributed by atoms with van der Waals surface area (Å²) in [5, 5.41) is 9.25. The summed E-state index contributed by atoms with van der Waals surface area (Å²) in [7, 11) is 0. The van der Waals surface area contributed by atoms with Crippen LogP contribution in [0.3, 0.4) is 0 Å². The lowest BCUT2D eigenvalue weighted by molar-refractivity contribution is -0.131. The summed E-state index contributed by atoms with van der Waals surface area (Å²) in [6, 6.07) is 5.81. The van der Waals surface area contributed by atoms with Crippen molar-refractivity contribution in [2.24, 2.45) is 11.3 Å². The second-order valence-electron chi connectivity index (χ2n) is 6.68. The maximum absolute atomic E-state index is 10.6. The number of hydrogen-bond acceptors (Lipinski definition) is 2. The van der Waals surface area contributed by atoms with Gasteiger partial charge in [-0.1, -0.05) is 38.4 Å². The minimum atomic E-state index is -0.970. The molecule has 0 radical (unpaired) electrons. The average molecular weight is 308 g/mol. The molecule has 1 aliphatic rings. The number of rotatable bonds is 3. The summed E-state index contributed by atoms with van der Waals surface area (Å²) in [6.45, 7) is 8.95. The Bertz CT molecular complexity index is 560. The number of halogens is 1. The lowest BCUT2D eigenvalue weighted by Gasteiger charge is -2.27. The van der Waals surface area contributed by atoms with Gasteiger partial charge < -0.3 is 10.0 Å². The van der Waals surface area contributed by atoms with Gasteiger partial charge in [0.1, 0.15) is 0 Å². The van der Waals surface area contributed by atoms with E-state index in [4.69, 9.17) is 16.7 Å². The lowest BCUT2D eigenvalue weighted by atomic mass is 9.80. The van der Waals surface area contributed by atoms with Gasteiger partial charge >= 0.3 is 5.97 Å². The van der Waals surface area contributed by atoms with Crippen LogP contribution in [0, 0.1) is 11.3 Å². The average Bonchev–Trinajstić information content (AvgIpc) is 2.86. The van der Waals surface area contributed by atoms with Gasteiger partial charge in [0.15, 0.2) is 0 Å². The summed E-state index contributed by atoms with van der Waals surface area (Å²) in [5.74, 6) is -0.287. The monoisotopic (exact) mass is 307 g/mol. The first kappa shape index (κ1) is 15.9. The number of nitrogens with zero attached hydrogens (tertiary/aromatic N) is 1. The highest BCUT2D eigenvalue weighted by Gasteiger charge is 2.31. The van der Waals surface area contributed by atoms with Crippen molar-refractivity contribution < 1.29 is 9.90 Å². The lowest BCUT2D eigenvalue weighted by Crippen LogP contribution is -2.25. The molecule has 1 unspecified atom stereocenters. The molecule has 1 aromatic carbocycles. The van der Waals surface area contributed by atoms with Crippen LogP contribution in [0.1, 0.15) is 32.8 Å². The van der Waals surface area contributed by atoms with E-state index in [0.717, 1.165) is 30.4 Å². The summed E-state index contributed by atoms with van der Waals surface area (Å²) in [5.41, 5.74) is 2.16. The maximum Gasteiger partial charge on any atom is 0.328 e. The molecule has 1 aliphatic heterocycles. The molecule has 0 spiro atoms. The first-order chi connectivity index (χ1) is 9.77. The number of anilines is 1. The first-order valence-corrected chi connectivity index (χ1v) is 7.60. The number of carboxylic acids is 1. The van der Waals surface area contributed by atoms with Crippen LogP contribution in [-0.4, -0.2) is 24.2 Å². The standard InChI is InChI=1S/C17H22ClNO2/c1-17(2,3)13-8-9-19(11-13)14-6-4-12(15(18)10-14)5-7-16(20)21/h4-7,10,13H,8-9,11H2,1-3H3,(H,20,21)/b7-5+. The van der Waals surface area contributed by atoms with Crippen molar-refractivity contribution >= 4 is 29.3 Å². The Morgan fingerprint density at radius 2 is 2.14 bits per heavy atom. The Kier molecular flexibility index (Phi) is 4.62. The zero-order chi connectivity index (χ0) is 15.6. The fraction of sp³-hybridized carbons (Fsp3) is 0.471. The molecule has 0 aliphatic carbocycles. The number of carbonyl (C=O) groups is 1. The van der Waals surface area contributed by atoms with Crippen LogP contribution in [0.2, 0.25) is 5.02 Å². The molecule has 1 N–H and O–H groups in total. The second kappa shape index (κ2) is 6.10. The number of hydrogen-bond donors (Lipinski definition) is 1. The van der Waals surface area contributed by atoms with Gasteiger partial charge in [-0.3, -0.25) is 0 Å². The maximum atomic E-state index is 10.6. The SMILES string of the molecule is CC(C)(C)C1CCN(c2ccc(/C=C/C(=O)O)c(Cl)c2)C1. The molecule has 114 valence electrons. The van der Waals surface area contributed by atoms with Crippen molar-refractivity contribution in [3.8, 4) is 0 Å². The minimum absolute atomic E-state index is 0.322. The quantitative estimate of drug-likeness (QED) is 0.846. The molecule has 2 rings (SSSR count). The molecule has 0 aromatic heterocycles. The predicted octanol–water partition coefficient (Wildman–Crippen LogP) is 4.31. The third-order valence-electron chi connectivity index (χ3n) is 4.17. The Morgan fingerprint density at radius 1 is 1.43 bits per heavy atom. The molecule has 1 atom stereocenters. The van der Waals surface area contributed by atoms with Crippen molar-refractivity contribution in [2.75, 3.05) is 18.0 Å². The molecule has 1 heterocycles. The zero-order valence-electron chi connectivity index (χ0n) is 12.8. The summed E-state index contributed by atoms with van der Waals surface area (Å²) >= 11 is 6.25. The van der Waals surface area contributed by atoms with Crippen molar-refractivity contribution in [1.82, 2.24) is 0 Å². The van der Waals surface area contributed by atoms with Gasteiger partial charge in [0.25, 0.3) is 0 Å². The summed E-state index contributed by atoms with van der Waals surface area (Å²) < 4.78 is 0. The molecule has 1 saturated heterocycles. The molecule has 1 aromatic rings. The predicted molar refractivity (Wildman–Crippen MR) is 87.9 cm³/mol. The molecule has 0 bridgehead atoms. The van der Waals surface area contributed by atoms with E-state index in [1.54, 1.807) is 0 Å². The van der Waals surface area contributed by atoms with E-state index in [0.29, 0.717) is 16.4 Å². The van der Waals surface area contributed by atoms with Crippen molar-refractivity contribution in [1.29, 1.82) is 0 Å². The van der Waals surface area contributed by atoms with Crippen LogP contribution >= 0.6 is 11.6 Å². The van der Waals surface area contributed by atoms with Crippen LogP contribution in [-0.2, 0) is 4.79 Å². The molecule has 0 saturated carbocycles. The van der Waals surface area contributed by atoms with E-state index in [2.05, 4.69) is 25.7 Å². The molecule has 3 nitrogen and oxygen atoms in total. The van der Waals surface area contributed by atoms with Gasteiger partial charge in [-0.05, 0) is 41.5 Å². The normalized spacial score (nSPS) is 19.4.